The predicted molar refractivity (Wildman–Crippen MR) is 47.1 cm³/mol. The highest BCUT2D eigenvalue weighted by molar-refractivity contribution is 5.82. The van der Waals surface area contributed by atoms with Gasteiger partial charge in [0.15, 0.2) is 0 Å². The molecule has 1 rings (SSSR count). The van der Waals surface area contributed by atoms with E-state index in [0.29, 0.717) is 19.5 Å². The summed E-state index contributed by atoms with van der Waals surface area (Å²) in [6.07, 6.45) is 3.15. The zero-order chi connectivity index (χ0) is 9.84. The van der Waals surface area contributed by atoms with E-state index in [1.54, 1.807) is 0 Å². The lowest BCUT2D eigenvalue weighted by atomic mass is 9.99. The first kappa shape index (κ1) is 9.77. The summed E-state index contributed by atoms with van der Waals surface area (Å²) in [5.41, 5.74) is 0. The molecule has 0 aliphatic carbocycles. The molecule has 1 aliphatic rings. The molecule has 1 atom stereocenters. The van der Waals surface area contributed by atoms with Crippen LogP contribution in [0.25, 0.3) is 0 Å². The van der Waals surface area contributed by atoms with Gasteiger partial charge in [0.1, 0.15) is 5.78 Å². The van der Waals surface area contributed by atoms with Crippen LogP contribution in [0.2, 0.25) is 0 Å². The zero-order valence-electron chi connectivity index (χ0n) is 7.56. The molecule has 0 aromatic carbocycles. The summed E-state index contributed by atoms with van der Waals surface area (Å²) in [7, 11) is 0. The number of Topliss-reactive ketones (excluding diaryl/α,β-unsaturated/α-hetero) is 1. The van der Waals surface area contributed by atoms with Crippen molar-refractivity contribution in [1.82, 2.24) is 4.90 Å². The Bertz CT molecular complexity index is 247. The summed E-state index contributed by atoms with van der Waals surface area (Å²) in [4.78, 5) is 23.2. The number of aliphatic carboxylic acids is 1. The van der Waals surface area contributed by atoms with Crippen molar-refractivity contribution >= 4 is 11.8 Å². The summed E-state index contributed by atoms with van der Waals surface area (Å²) < 4.78 is 0. The number of hydrogen-bond acceptors (Lipinski definition) is 3. The first-order chi connectivity index (χ1) is 6.09. The van der Waals surface area contributed by atoms with Crippen LogP contribution in [0.1, 0.15) is 13.3 Å². The average Bonchev–Trinajstić information content (AvgIpc) is 2.07. The lowest BCUT2D eigenvalue weighted by Crippen LogP contribution is -2.36. The number of ketones is 1. The van der Waals surface area contributed by atoms with Crippen molar-refractivity contribution < 1.29 is 14.7 Å². The summed E-state index contributed by atoms with van der Waals surface area (Å²) in [5, 5.41) is 8.38. The van der Waals surface area contributed by atoms with E-state index in [-0.39, 0.29) is 11.7 Å². The number of hydrogen-bond donors (Lipinski definition) is 1. The lowest BCUT2D eigenvalue weighted by Gasteiger charge is -2.28. The van der Waals surface area contributed by atoms with E-state index in [1.807, 2.05) is 11.8 Å². The van der Waals surface area contributed by atoms with E-state index in [4.69, 9.17) is 5.11 Å². The number of piperidine rings is 1. The van der Waals surface area contributed by atoms with Gasteiger partial charge in [-0.15, -0.1) is 0 Å². The molecule has 1 unspecified atom stereocenters. The Labute approximate surface area is 76.8 Å². The molecule has 0 bridgehead atoms. The second-order valence-electron chi connectivity index (χ2n) is 3.27. The van der Waals surface area contributed by atoms with Crippen molar-refractivity contribution in [2.24, 2.45) is 5.92 Å². The van der Waals surface area contributed by atoms with Gasteiger partial charge in [0.25, 0.3) is 0 Å². The zero-order valence-corrected chi connectivity index (χ0v) is 7.56. The molecule has 0 spiro atoms. The number of likely N-dealkylation sites (tertiary alicyclic amines) is 1. The van der Waals surface area contributed by atoms with Crippen LogP contribution in [-0.4, -0.2) is 34.8 Å². The molecular formula is C9H13NO3. The Morgan fingerprint density at radius 2 is 2.38 bits per heavy atom. The van der Waals surface area contributed by atoms with Crippen molar-refractivity contribution in [3.63, 3.8) is 0 Å². The number of rotatable bonds is 2. The highest BCUT2D eigenvalue weighted by Crippen LogP contribution is 2.11. The van der Waals surface area contributed by atoms with E-state index in [1.165, 1.54) is 6.20 Å². The number of carboxylic acids is 1. The van der Waals surface area contributed by atoms with Crippen LogP contribution in [0.3, 0.4) is 0 Å². The standard InChI is InChI=1S/C9H13NO3/c1-7-6-10(4-2-8(7)11)5-3-9(12)13/h3,5,7H,2,4,6H2,1H3,(H,12,13)/b5-3+. The molecule has 4 nitrogen and oxygen atoms in total. The fraction of sp³-hybridized carbons (Fsp3) is 0.556. The van der Waals surface area contributed by atoms with Gasteiger partial charge in [-0.05, 0) is 0 Å². The molecule has 1 fully saturated rings. The smallest absolute Gasteiger partial charge is 0.329 e. The minimum atomic E-state index is -0.954. The summed E-state index contributed by atoms with van der Waals surface area (Å²) in [5.74, 6) is -0.670. The second-order valence-corrected chi connectivity index (χ2v) is 3.27. The Hall–Kier alpha value is -1.32. The van der Waals surface area contributed by atoms with Gasteiger partial charge in [-0.25, -0.2) is 4.79 Å². The van der Waals surface area contributed by atoms with E-state index >= 15 is 0 Å². The third-order valence-corrected chi connectivity index (χ3v) is 2.13. The van der Waals surface area contributed by atoms with E-state index in [9.17, 15) is 9.59 Å². The molecule has 0 radical (unpaired) electrons. The number of nitrogens with zero attached hydrogens (tertiary/aromatic N) is 1. The van der Waals surface area contributed by atoms with Gasteiger partial charge in [-0.3, -0.25) is 4.79 Å². The van der Waals surface area contributed by atoms with E-state index < -0.39 is 5.97 Å². The first-order valence-corrected chi connectivity index (χ1v) is 4.27. The number of carbonyl (C=O) groups excluding carboxylic acids is 1. The molecule has 1 N–H and O–H groups in total. The molecule has 1 saturated heterocycles. The Morgan fingerprint density at radius 3 is 2.92 bits per heavy atom. The largest absolute Gasteiger partial charge is 0.478 e. The van der Waals surface area contributed by atoms with Crippen molar-refractivity contribution in [1.29, 1.82) is 0 Å². The molecule has 1 aliphatic heterocycles. The maximum atomic E-state index is 11.1. The quantitative estimate of drug-likeness (QED) is 0.633. The monoisotopic (exact) mass is 183 g/mol. The Morgan fingerprint density at radius 1 is 1.69 bits per heavy atom. The van der Waals surface area contributed by atoms with Gasteiger partial charge >= 0.3 is 5.97 Å². The molecule has 0 aromatic heterocycles. The van der Waals surface area contributed by atoms with E-state index in [0.717, 1.165) is 6.08 Å². The van der Waals surface area contributed by atoms with Gasteiger partial charge in [0.2, 0.25) is 0 Å². The maximum Gasteiger partial charge on any atom is 0.329 e. The molecule has 0 amide bonds. The topological polar surface area (TPSA) is 57.6 Å². The van der Waals surface area contributed by atoms with Crippen LogP contribution >= 0.6 is 0 Å². The van der Waals surface area contributed by atoms with Crippen LogP contribution in [0.5, 0.6) is 0 Å². The number of carboxylic acid groups (broad SMARTS) is 1. The van der Waals surface area contributed by atoms with Gasteiger partial charge in [-0.2, -0.15) is 0 Å². The highest BCUT2D eigenvalue weighted by Gasteiger charge is 2.21. The molecule has 72 valence electrons. The SMILES string of the molecule is CC1CN(/C=C/C(=O)O)CCC1=O. The van der Waals surface area contributed by atoms with Crippen LogP contribution in [0.15, 0.2) is 12.3 Å². The van der Waals surface area contributed by atoms with Crippen molar-refractivity contribution in [3.05, 3.63) is 12.3 Å². The Balaban J connectivity index is 2.46. The first-order valence-electron chi connectivity index (χ1n) is 4.27. The maximum absolute atomic E-state index is 11.1. The van der Waals surface area contributed by atoms with Gasteiger partial charge in [-0.1, -0.05) is 6.92 Å². The normalized spacial score (nSPS) is 23.9. The molecule has 13 heavy (non-hydrogen) atoms. The van der Waals surface area contributed by atoms with Crippen LogP contribution in [-0.2, 0) is 9.59 Å². The fourth-order valence-electron chi connectivity index (χ4n) is 1.35. The van der Waals surface area contributed by atoms with Gasteiger partial charge in [0.05, 0.1) is 0 Å². The summed E-state index contributed by atoms with van der Waals surface area (Å²) in [6, 6.07) is 0. The fourth-order valence-corrected chi connectivity index (χ4v) is 1.35. The lowest BCUT2D eigenvalue weighted by molar-refractivity contribution is -0.131. The van der Waals surface area contributed by atoms with Gasteiger partial charge < -0.3 is 10.0 Å². The van der Waals surface area contributed by atoms with Crippen molar-refractivity contribution in [2.75, 3.05) is 13.1 Å². The van der Waals surface area contributed by atoms with Gasteiger partial charge in [0, 0.05) is 37.7 Å². The Kier molecular flexibility index (Phi) is 3.06. The highest BCUT2D eigenvalue weighted by atomic mass is 16.4. The minimum Gasteiger partial charge on any atom is -0.478 e. The second kappa shape index (κ2) is 4.07. The van der Waals surface area contributed by atoms with Crippen LogP contribution in [0.4, 0.5) is 0 Å². The summed E-state index contributed by atoms with van der Waals surface area (Å²) >= 11 is 0. The van der Waals surface area contributed by atoms with Crippen molar-refractivity contribution in [2.45, 2.75) is 13.3 Å². The third-order valence-electron chi connectivity index (χ3n) is 2.13. The average molecular weight is 183 g/mol. The van der Waals surface area contributed by atoms with Crippen LogP contribution < -0.4 is 0 Å². The predicted octanol–water partition coefficient (Wildman–Crippen LogP) is 0.496. The molecule has 1 heterocycles. The van der Waals surface area contributed by atoms with Crippen LogP contribution in [0, 0.1) is 5.92 Å². The molecule has 0 saturated carbocycles. The number of carbonyl (C=O) groups is 2. The minimum absolute atomic E-state index is 0.0206. The summed E-state index contributed by atoms with van der Waals surface area (Å²) in [6.45, 7) is 3.12. The van der Waals surface area contributed by atoms with E-state index in [2.05, 4.69) is 0 Å². The molecule has 0 aromatic rings. The van der Waals surface area contributed by atoms with Crippen molar-refractivity contribution in [3.8, 4) is 0 Å². The third kappa shape index (κ3) is 2.89. The molecular weight excluding hydrogens is 170 g/mol. The molecule has 4 heteroatoms.